The fraction of sp³-hybridized carbons (Fsp3) is 0.280. The van der Waals surface area contributed by atoms with E-state index in [0.717, 1.165) is 35.5 Å². The number of rotatable bonds is 4. The Balaban J connectivity index is 7.40. The van der Waals surface area contributed by atoms with Crippen molar-refractivity contribution < 1.29 is 57.5 Å². The first-order valence-electron chi connectivity index (χ1n) is 9.82. The van der Waals surface area contributed by atoms with Crippen LogP contribution in [0.2, 0.25) is 0 Å². The van der Waals surface area contributed by atoms with Gasteiger partial charge in [-0.1, -0.05) is 5.92 Å². The van der Waals surface area contributed by atoms with Crippen molar-refractivity contribution in [2.45, 2.75) is 12.8 Å². The lowest BCUT2D eigenvalue weighted by Crippen LogP contribution is -2.01. The molecular weight excluding hydrogens is 523 g/mol. The van der Waals surface area contributed by atoms with E-state index in [1.165, 1.54) is 0 Å². The van der Waals surface area contributed by atoms with Crippen LogP contribution >= 0.6 is 7.26 Å². The second-order valence-corrected chi connectivity index (χ2v) is 8.40. The average Bonchev–Trinajstić information content (AvgIpc) is 2.93. The maximum atomic E-state index is 11.8. The monoisotopic (exact) mass is 543 g/mol. The van der Waals surface area contributed by atoms with E-state index in [-0.39, 0.29) is 18.2 Å². The molecule has 0 bridgehead atoms. The quantitative estimate of drug-likeness (QED) is 0.0990. The third-order valence-electron chi connectivity index (χ3n) is 3.54. The number of carbonyl (C=O) groups is 5. The van der Waals surface area contributed by atoms with Crippen molar-refractivity contribution in [2.75, 3.05) is 35.5 Å². The fourth-order valence-corrected chi connectivity index (χ4v) is 3.88. The van der Waals surface area contributed by atoms with Crippen LogP contribution in [-0.2, 0) is 52.4 Å². The van der Waals surface area contributed by atoms with E-state index in [1.54, 1.807) is 0 Å². The van der Waals surface area contributed by atoms with E-state index in [9.17, 15) is 29.1 Å². The molecule has 0 aliphatic heterocycles. The highest BCUT2D eigenvalue weighted by molar-refractivity contribution is 7.93. The van der Waals surface area contributed by atoms with Gasteiger partial charge in [0.25, 0.3) is 7.26 Å². The molecule has 0 atom stereocenters. The van der Waals surface area contributed by atoms with Crippen LogP contribution < -0.4 is 0 Å². The molecule has 0 fully saturated rings. The molecule has 0 aliphatic rings. The predicted octanol–water partition coefficient (Wildman–Crippen LogP) is 0.395. The van der Waals surface area contributed by atoms with E-state index in [2.05, 4.69) is 76.0 Å². The molecular formula is C25H20O12P+. The molecule has 196 valence electrons. The largest absolute Gasteiger partial charge is 0.474 e. The summed E-state index contributed by atoms with van der Waals surface area (Å²) < 4.78 is 27.0. The van der Waals surface area contributed by atoms with Gasteiger partial charge >= 0.3 is 35.8 Å². The second kappa shape index (κ2) is 18.0. The van der Waals surface area contributed by atoms with Crippen molar-refractivity contribution in [1.82, 2.24) is 0 Å². The van der Waals surface area contributed by atoms with Crippen molar-refractivity contribution in [2.24, 2.45) is 0 Å². The van der Waals surface area contributed by atoms with Gasteiger partial charge < -0.3 is 33.5 Å². The van der Waals surface area contributed by atoms with Gasteiger partial charge in [0.2, 0.25) is 0 Å². The molecule has 0 aromatic carbocycles. The lowest BCUT2D eigenvalue weighted by molar-refractivity contribution is -0.134. The Labute approximate surface area is 218 Å². The number of hydrogen-bond donors (Lipinski definition) is 1. The minimum Gasteiger partial charge on any atom is -0.474 e. The molecule has 12 nitrogen and oxygen atoms in total. The predicted molar refractivity (Wildman–Crippen MR) is 129 cm³/mol. The SMILES string of the molecule is COC(=O)C#CCCC(=C=C(O)OC#CC(=O)OC)[P+](C#CC(=O)OC)(C#CC(=O)OC)C#CC(=O)OC. The number of carbonyl (C=O) groups excluding carboxylic acids is 5. The highest BCUT2D eigenvalue weighted by Gasteiger charge is 2.42. The minimum atomic E-state index is -3.75. The zero-order valence-corrected chi connectivity index (χ0v) is 21.7. The standard InChI is InChI=1S/C25H19O12P/c1-32-20(26)9-7-6-8-19(18-25(31)37-14-10-21(27)33-2)38(15-11-22(28)34-3,16-12-23(29)35-4)17-13-24(30)36-5/h6,8H2,1-5H3/p+1. The van der Waals surface area contributed by atoms with Crippen LogP contribution in [0.3, 0.4) is 0 Å². The van der Waals surface area contributed by atoms with Crippen LogP contribution in [0.15, 0.2) is 17.0 Å². The minimum absolute atomic E-state index is 0.111. The summed E-state index contributed by atoms with van der Waals surface area (Å²) in [7, 11) is 1.59. The second-order valence-electron chi connectivity index (χ2n) is 5.85. The van der Waals surface area contributed by atoms with Gasteiger partial charge in [-0.05, 0) is 0 Å². The lowest BCUT2D eigenvalue weighted by Gasteiger charge is -2.07. The molecule has 0 aromatic heterocycles. The summed E-state index contributed by atoms with van der Waals surface area (Å²) in [4.78, 5) is 57.8. The highest BCUT2D eigenvalue weighted by atomic mass is 31.2. The summed E-state index contributed by atoms with van der Waals surface area (Å²) in [6.45, 7) is 0. The number of methoxy groups -OCH3 is 5. The molecule has 0 heterocycles. The van der Waals surface area contributed by atoms with Crippen LogP contribution in [0.25, 0.3) is 0 Å². The summed E-state index contributed by atoms with van der Waals surface area (Å²) in [5.74, 6) is 7.08. The van der Waals surface area contributed by atoms with Gasteiger partial charge in [0.1, 0.15) is 23.1 Å². The third kappa shape index (κ3) is 13.0. The smallest absolute Gasteiger partial charge is 0.387 e. The van der Waals surface area contributed by atoms with E-state index >= 15 is 0 Å². The summed E-state index contributed by atoms with van der Waals surface area (Å²) in [5, 5.41) is 10.1. The molecule has 0 unspecified atom stereocenters. The van der Waals surface area contributed by atoms with Gasteiger partial charge in [0.05, 0.1) is 59.2 Å². The molecule has 0 rings (SSSR count). The molecule has 0 saturated heterocycles. The van der Waals surface area contributed by atoms with Crippen LogP contribution in [-0.4, -0.2) is 70.5 Å². The van der Waals surface area contributed by atoms with Crippen LogP contribution in [0.1, 0.15) is 12.8 Å². The van der Waals surface area contributed by atoms with E-state index in [4.69, 9.17) is 4.74 Å². The van der Waals surface area contributed by atoms with Crippen LogP contribution in [0.4, 0.5) is 0 Å². The number of aliphatic hydroxyl groups excluding tert-OH is 1. The molecule has 38 heavy (non-hydrogen) atoms. The molecule has 0 aromatic rings. The summed E-state index contributed by atoms with van der Waals surface area (Å²) in [6.07, 6.45) is 1.56. The van der Waals surface area contributed by atoms with Crippen molar-refractivity contribution in [1.29, 1.82) is 0 Å². The van der Waals surface area contributed by atoms with Crippen molar-refractivity contribution >= 4 is 37.1 Å². The Hall–Kier alpha value is -5.30. The van der Waals surface area contributed by atoms with Crippen molar-refractivity contribution in [3.05, 3.63) is 17.0 Å². The molecule has 0 radical (unpaired) electrons. The Morgan fingerprint density at radius 3 is 1.45 bits per heavy atom. The number of esters is 5. The first-order chi connectivity index (χ1) is 18.1. The number of allylic oxidation sites excluding steroid dienone is 1. The molecule has 0 amide bonds. The summed E-state index contributed by atoms with van der Waals surface area (Å²) in [5.41, 5.74) is 9.85. The molecule has 13 heteroatoms. The van der Waals surface area contributed by atoms with Gasteiger partial charge in [-0.3, -0.25) is 0 Å². The van der Waals surface area contributed by atoms with Crippen molar-refractivity contribution in [3.8, 4) is 58.6 Å². The van der Waals surface area contributed by atoms with Gasteiger partial charge in [0.15, 0.2) is 5.31 Å². The van der Waals surface area contributed by atoms with Gasteiger partial charge in [-0.15, -0.1) is 0 Å². The Kier molecular flexibility index (Phi) is 15.5. The number of aliphatic hydroxyl groups is 1. The zero-order chi connectivity index (χ0) is 29.0. The number of hydrogen-bond acceptors (Lipinski definition) is 12. The lowest BCUT2D eigenvalue weighted by atomic mass is 10.3. The molecule has 0 saturated carbocycles. The van der Waals surface area contributed by atoms with Gasteiger partial charge in [0, 0.05) is 24.5 Å². The average molecular weight is 543 g/mol. The Bertz CT molecular complexity index is 1260. The normalized spacial score (nSPS) is 8.34. The van der Waals surface area contributed by atoms with Gasteiger partial charge in [-0.25, -0.2) is 24.0 Å². The van der Waals surface area contributed by atoms with Gasteiger partial charge in [-0.2, -0.15) is 0 Å². The zero-order valence-electron chi connectivity index (χ0n) is 20.8. The molecule has 0 aliphatic carbocycles. The van der Waals surface area contributed by atoms with E-state index < -0.39 is 43.1 Å². The Morgan fingerprint density at radius 2 is 1.03 bits per heavy atom. The maximum Gasteiger partial charge on any atom is 0.387 e. The summed E-state index contributed by atoms with van der Waals surface area (Å²) in [6, 6.07) is 0. The van der Waals surface area contributed by atoms with Crippen molar-refractivity contribution in [3.63, 3.8) is 0 Å². The summed E-state index contributed by atoms with van der Waals surface area (Å²) >= 11 is 0. The topological polar surface area (TPSA) is 161 Å². The van der Waals surface area contributed by atoms with E-state index in [1.807, 2.05) is 12.0 Å². The third-order valence-corrected chi connectivity index (χ3v) is 6.02. The number of ether oxygens (including phenoxy) is 6. The first kappa shape index (κ1) is 32.7. The van der Waals surface area contributed by atoms with Crippen LogP contribution in [0, 0.1) is 58.6 Å². The van der Waals surface area contributed by atoms with E-state index in [0.29, 0.717) is 0 Å². The van der Waals surface area contributed by atoms with Crippen LogP contribution in [0.5, 0.6) is 0 Å². The highest BCUT2D eigenvalue weighted by Crippen LogP contribution is 2.64. The fourth-order valence-electron chi connectivity index (χ4n) is 1.82. The first-order valence-corrected chi connectivity index (χ1v) is 11.6. The maximum absolute atomic E-state index is 11.8. The molecule has 1 N–H and O–H groups in total. The Morgan fingerprint density at radius 1 is 0.632 bits per heavy atom. The molecule has 0 spiro atoms.